The number of aryl methyl sites for hydroxylation is 1. The summed E-state index contributed by atoms with van der Waals surface area (Å²) in [5.41, 5.74) is 10.2. The van der Waals surface area contributed by atoms with Gasteiger partial charge in [-0.25, -0.2) is 0 Å². The fraction of sp³-hybridized carbons (Fsp3) is 0.294. The van der Waals surface area contributed by atoms with Gasteiger partial charge in [0, 0.05) is 16.3 Å². The Morgan fingerprint density at radius 3 is 2.37 bits per heavy atom. The molecule has 0 amide bonds. The minimum absolute atomic E-state index is 0.00249. The van der Waals surface area contributed by atoms with Crippen LogP contribution >= 0.6 is 11.6 Å². The van der Waals surface area contributed by atoms with Crippen LogP contribution in [-0.2, 0) is 5.41 Å². The third-order valence-corrected chi connectivity index (χ3v) is 3.62. The maximum Gasteiger partial charge on any atom is 0.0415 e. The molecule has 100 valence electrons. The van der Waals surface area contributed by atoms with Crippen molar-refractivity contribution in [1.82, 2.24) is 0 Å². The van der Waals surface area contributed by atoms with Gasteiger partial charge in [0.1, 0.15) is 0 Å². The van der Waals surface area contributed by atoms with Crippen molar-refractivity contribution >= 4 is 33.1 Å². The molecule has 0 spiro atoms. The van der Waals surface area contributed by atoms with E-state index in [1.54, 1.807) is 0 Å². The molecule has 2 aromatic rings. The maximum atomic E-state index is 6.22. The maximum absolute atomic E-state index is 6.22. The Hall–Kier alpha value is -1.47. The molecule has 2 aromatic carbocycles. The van der Waals surface area contributed by atoms with E-state index < -0.39 is 0 Å². The summed E-state index contributed by atoms with van der Waals surface area (Å²) >= 11 is 6.22. The molecular formula is C17H20ClN. The first-order chi connectivity index (χ1) is 8.71. The highest BCUT2D eigenvalue weighted by Gasteiger charge is 2.20. The Balaban J connectivity index is 3.02. The number of anilines is 1. The molecule has 0 heterocycles. The van der Waals surface area contributed by atoms with E-state index in [0.717, 1.165) is 22.2 Å². The molecule has 0 saturated carbocycles. The number of rotatable bonds is 1. The molecule has 0 radical (unpaired) electrons. The monoisotopic (exact) mass is 273 g/mol. The van der Waals surface area contributed by atoms with E-state index in [-0.39, 0.29) is 5.41 Å². The Morgan fingerprint density at radius 1 is 1.21 bits per heavy atom. The highest BCUT2D eigenvalue weighted by atomic mass is 35.5. The first-order valence-electron chi connectivity index (χ1n) is 6.40. The molecule has 2 N–H and O–H groups in total. The molecule has 0 atom stereocenters. The molecule has 0 unspecified atom stereocenters. The predicted octanol–water partition coefficient (Wildman–Crippen LogP) is 5.24. The van der Waals surface area contributed by atoms with Crippen LogP contribution in [0.25, 0.3) is 15.8 Å². The summed E-state index contributed by atoms with van der Waals surface area (Å²) in [6.45, 7) is 12.5. The van der Waals surface area contributed by atoms with Gasteiger partial charge in [-0.1, -0.05) is 51.1 Å². The third kappa shape index (κ3) is 2.48. The van der Waals surface area contributed by atoms with Crippen LogP contribution in [0, 0.1) is 6.92 Å². The van der Waals surface area contributed by atoms with Gasteiger partial charge in [-0.05, 0) is 46.4 Å². The third-order valence-electron chi connectivity index (χ3n) is 3.43. The van der Waals surface area contributed by atoms with Crippen LogP contribution in [0.4, 0.5) is 5.69 Å². The van der Waals surface area contributed by atoms with Gasteiger partial charge in [-0.2, -0.15) is 0 Å². The summed E-state index contributed by atoms with van der Waals surface area (Å²) < 4.78 is 0. The Bertz CT molecular complexity index is 663. The molecule has 0 bridgehead atoms. The Morgan fingerprint density at radius 2 is 1.84 bits per heavy atom. The lowest BCUT2D eigenvalue weighted by atomic mass is 9.81. The van der Waals surface area contributed by atoms with E-state index in [4.69, 9.17) is 17.3 Å². The van der Waals surface area contributed by atoms with Crippen molar-refractivity contribution in [3.05, 3.63) is 47.5 Å². The van der Waals surface area contributed by atoms with Crippen LogP contribution in [0.3, 0.4) is 0 Å². The lowest BCUT2D eigenvalue weighted by Crippen LogP contribution is -2.13. The van der Waals surface area contributed by atoms with Crippen molar-refractivity contribution < 1.29 is 0 Å². The van der Waals surface area contributed by atoms with Gasteiger partial charge < -0.3 is 5.73 Å². The van der Waals surface area contributed by atoms with Gasteiger partial charge in [0.15, 0.2) is 0 Å². The number of halogens is 1. The van der Waals surface area contributed by atoms with Gasteiger partial charge in [-0.15, -0.1) is 0 Å². The zero-order valence-electron chi connectivity index (χ0n) is 12.0. The summed E-state index contributed by atoms with van der Waals surface area (Å²) in [6.07, 6.45) is 0. The predicted molar refractivity (Wildman–Crippen MR) is 86.7 cm³/mol. The lowest BCUT2D eigenvalue weighted by molar-refractivity contribution is 0.596. The van der Waals surface area contributed by atoms with Crippen LogP contribution < -0.4 is 5.73 Å². The fourth-order valence-corrected chi connectivity index (χ4v) is 2.78. The minimum Gasteiger partial charge on any atom is -0.399 e. The zero-order chi connectivity index (χ0) is 14.4. The van der Waals surface area contributed by atoms with E-state index in [1.807, 2.05) is 12.1 Å². The quantitative estimate of drug-likeness (QED) is 0.707. The average molecular weight is 274 g/mol. The Kier molecular flexibility index (Phi) is 3.36. The van der Waals surface area contributed by atoms with Crippen molar-refractivity contribution in [3.63, 3.8) is 0 Å². The second-order valence-electron chi connectivity index (χ2n) is 6.08. The first kappa shape index (κ1) is 14.0. The molecule has 0 fully saturated rings. The lowest BCUT2D eigenvalue weighted by Gasteiger charge is -2.24. The van der Waals surface area contributed by atoms with E-state index in [1.165, 1.54) is 10.9 Å². The smallest absolute Gasteiger partial charge is 0.0415 e. The second kappa shape index (κ2) is 4.57. The molecule has 2 rings (SSSR count). The molecule has 0 aliphatic heterocycles. The standard InChI is InChI=1S/C17H20ClN/c1-10-6-7-12-8-13(19)9-14(17(3,4)5)16(12)15(10)11(2)18/h6-9H,2,19H2,1,3-5H3. The molecule has 19 heavy (non-hydrogen) atoms. The first-order valence-corrected chi connectivity index (χ1v) is 6.77. The highest BCUT2D eigenvalue weighted by Crippen LogP contribution is 2.38. The largest absolute Gasteiger partial charge is 0.399 e. The minimum atomic E-state index is 0.00249. The van der Waals surface area contributed by atoms with Gasteiger partial charge in [0.2, 0.25) is 0 Å². The van der Waals surface area contributed by atoms with Gasteiger partial charge in [-0.3, -0.25) is 0 Å². The second-order valence-corrected chi connectivity index (χ2v) is 6.54. The molecule has 0 aromatic heterocycles. The van der Waals surface area contributed by atoms with Crippen LogP contribution in [0.5, 0.6) is 0 Å². The molecule has 2 heteroatoms. The van der Waals surface area contributed by atoms with E-state index in [9.17, 15) is 0 Å². The summed E-state index contributed by atoms with van der Waals surface area (Å²) in [7, 11) is 0. The van der Waals surface area contributed by atoms with Crippen LogP contribution in [0.2, 0.25) is 0 Å². The van der Waals surface area contributed by atoms with E-state index in [0.29, 0.717) is 5.03 Å². The molecule has 0 aliphatic carbocycles. The SMILES string of the molecule is C=C(Cl)c1c(C)ccc2cc(N)cc(C(C)(C)C)c12. The van der Waals surface area contributed by atoms with Gasteiger partial charge >= 0.3 is 0 Å². The number of fused-ring (bicyclic) bond motifs is 1. The number of nitrogen functional groups attached to an aromatic ring is 1. The Labute approximate surface area is 120 Å². The topological polar surface area (TPSA) is 26.0 Å². The number of hydrogen-bond acceptors (Lipinski definition) is 1. The van der Waals surface area contributed by atoms with Crippen LogP contribution in [-0.4, -0.2) is 0 Å². The van der Waals surface area contributed by atoms with Crippen molar-refractivity contribution in [3.8, 4) is 0 Å². The zero-order valence-corrected chi connectivity index (χ0v) is 12.7. The summed E-state index contributed by atoms with van der Waals surface area (Å²) in [6, 6.07) is 8.20. The van der Waals surface area contributed by atoms with E-state index >= 15 is 0 Å². The van der Waals surface area contributed by atoms with Crippen molar-refractivity contribution in [2.75, 3.05) is 5.73 Å². The van der Waals surface area contributed by atoms with Crippen LogP contribution in [0.15, 0.2) is 30.8 Å². The summed E-state index contributed by atoms with van der Waals surface area (Å²) in [5, 5.41) is 2.87. The number of hydrogen-bond donors (Lipinski definition) is 1. The fourth-order valence-electron chi connectivity index (χ4n) is 2.53. The average Bonchev–Trinajstić information content (AvgIpc) is 2.26. The van der Waals surface area contributed by atoms with Gasteiger partial charge in [0.05, 0.1) is 0 Å². The normalized spacial score (nSPS) is 11.8. The highest BCUT2D eigenvalue weighted by molar-refractivity contribution is 6.49. The van der Waals surface area contributed by atoms with Gasteiger partial charge in [0.25, 0.3) is 0 Å². The van der Waals surface area contributed by atoms with Crippen molar-refractivity contribution in [2.45, 2.75) is 33.1 Å². The van der Waals surface area contributed by atoms with Crippen molar-refractivity contribution in [2.24, 2.45) is 0 Å². The molecule has 0 aliphatic rings. The molecular weight excluding hydrogens is 254 g/mol. The molecule has 1 nitrogen and oxygen atoms in total. The van der Waals surface area contributed by atoms with Crippen LogP contribution in [0.1, 0.15) is 37.5 Å². The molecule has 0 saturated heterocycles. The summed E-state index contributed by atoms with van der Waals surface area (Å²) in [5.74, 6) is 0. The van der Waals surface area contributed by atoms with Crippen molar-refractivity contribution in [1.29, 1.82) is 0 Å². The number of nitrogens with two attached hydrogens (primary N) is 1. The van der Waals surface area contributed by atoms with E-state index in [2.05, 4.69) is 46.4 Å². The summed E-state index contributed by atoms with van der Waals surface area (Å²) in [4.78, 5) is 0. The number of benzene rings is 2.